The fourth-order valence-electron chi connectivity index (χ4n) is 0.969. The quantitative estimate of drug-likeness (QED) is 0.824. The van der Waals surface area contributed by atoms with Crippen LogP contribution >= 0.6 is 33.9 Å². The van der Waals surface area contributed by atoms with E-state index < -0.39 is 0 Å². The number of aromatic hydroxyl groups is 1. The van der Waals surface area contributed by atoms with Crippen molar-refractivity contribution in [2.45, 2.75) is 0 Å². The fourth-order valence-corrected chi connectivity index (χ4v) is 2.31. The van der Waals surface area contributed by atoms with Gasteiger partial charge in [-0.05, 0) is 34.7 Å². The molecule has 0 unspecified atom stereocenters. The Balaban J connectivity index is 2.52. The highest BCUT2D eigenvalue weighted by molar-refractivity contribution is 14.1. The lowest BCUT2D eigenvalue weighted by molar-refractivity contribution is 0.477. The molecule has 1 aromatic carbocycles. The van der Waals surface area contributed by atoms with Gasteiger partial charge >= 0.3 is 0 Å². The number of hydrogen-bond acceptors (Lipinski definition) is 4. The van der Waals surface area contributed by atoms with Crippen LogP contribution in [0.4, 0.5) is 0 Å². The summed E-state index contributed by atoms with van der Waals surface area (Å²) in [6.07, 6.45) is 0. The van der Waals surface area contributed by atoms with Crippen LogP contribution in [0.15, 0.2) is 24.3 Å². The van der Waals surface area contributed by atoms with Crippen molar-refractivity contribution in [1.29, 1.82) is 0 Å². The van der Waals surface area contributed by atoms with Crippen LogP contribution < -0.4 is 0 Å². The topological polar surface area (TPSA) is 46.0 Å². The number of para-hydroxylation sites is 1. The van der Waals surface area contributed by atoms with Crippen LogP contribution in [0.2, 0.25) is 0 Å². The van der Waals surface area contributed by atoms with Gasteiger partial charge in [-0.15, -0.1) is 10.2 Å². The molecule has 0 aliphatic heterocycles. The van der Waals surface area contributed by atoms with E-state index in [1.54, 1.807) is 12.1 Å². The van der Waals surface area contributed by atoms with Crippen LogP contribution in [0, 0.1) is 3.01 Å². The van der Waals surface area contributed by atoms with Crippen molar-refractivity contribution < 1.29 is 5.11 Å². The molecule has 1 N–H and O–H groups in total. The summed E-state index contributed by atoms with van der Waals surface area (Å²) in [6, 6.07) is 7.11. The number of rotatable bonds is 1. The summed E-state index contributed by atoms with van der Waals surface area (Å²) < 4.78 is 0.871. The molecule has 0 saturated carbocycles. The van der Waals surface area contributed by atoms with Crippen LogP contribution in [0.5, 0.6) is 5.75 Å². The third-order valence-electron chi connectivity index (χ3n) is 1.53. The second-order valence-electron chi connectivity index (χ2n) is 2.38. The Morgan fingerprint density at radius 2 is 2.00 bits per heavy atom. The molecule has 0 aliphatic rings. The molecule has 66 valence electrons. The first-order chi connectivity index (χ1) is 6.27. The molecule has 0 amide bonds. The van der Waals surface area contributed by atoms with E-state index in [0.29, 0.717) is 0 Å². The van der Waals surface area contributed by atoms with Crippen molar-refractivity contribution >= 4 is 33.9 Å². The van der Waals surface area contributed by atoms with Crippen LogP contribution in [-0.4, -0.2) is 15.3 Å². The number of phenolic OH excluding ortho intramolecular Hbond substituents is 1. The van der Waals surface area contributed by atoms with Gasteiger partial charge in [0.1, 0.15) is 5.75 Å². The zero-order chi connectivity index (χ0) is 9.26. The van der Waals surface area contributed by atoms with Crippen molar-refractivity contribution in [3.8, 4) is 16.3 Å². The molecule has 1 heterocycles. The van der Waals surface area contributed by atoms with Gasteiger partial charge in [0.05, 0.1) is 5.56 Å². The summed E-state index contributed by atoms with van der Waals surface area (Å²) in [7, 11) is 0. The SMILES string of the molecule is Oc1ccccc1-c1nnc(I)s1. The van der Waals surface area contributed by atoms with E-state index in [4.69, 9.17) is 0 Å². The van der Waals surface area contributed by atoms with Gasteiger partial charge in [0.2, 0.25) is 0 Å². The van der Waals surface area contributed by atoms with Crippen molar-refractivity contribution in [1.82, 2.24) is 10.2 Å². The van der Waals surface area contributed by atoms with Gasteiger partial charge in [-0.1, -0.05) is 23.5 Å². The lowest BCUT2D eigenvalue weighted by Gasteiger charge is -1.97. The molecule has 0 bridgehead atoms. The van der Waals surface area contributed by atoms with Crippen molar-refractivity contribution in [3.05, 3.63) is 27.3 Å². The first kappa shape index (κ1) is 8.89. The Labute approximate surface area is 92.6 Å². The molecule has 1 aromatic heterocycles. The Morgan fingerprint density at radius 3 is 2.62 bits per heavy atom. The van der Waals surface area contributed by atoms with E-state index in [0.717, 1.165) is 13.6 Å². The summed E-state index contributed by atoms with van der Waals surface area (Å²) in [5.74, 6) is 0.245. The van der Waals surface area contributed by atoms with Crippen molar-refractivity contribution in [2.75, 3.05) is 0 Å². The Morgan fingerprint density at radius 1 is 1.23 bits per heavy atom. The molecular formula is C8H5IN2OS. The largest absolute Gasteiger partial charge is 0.507 e. The van der Waals surface area contributed by atoms with Crippen molar-refractivity contribution in [3.63, 3.8) is 0 Å². The second-order valence-corrected chi connectivity index (χ2v) is 5.11. The van der Waals surface area contributed by atoms with E-state index >= 15 is 0 Å². The number of benzene rings is 1. The average Bonchev–Trinajstić information content (AvgIpc) is 2.53. The molecule has 0 fully saturated rings. The maximum Gasteiger partial charge on any atom is 0.178 e. The lowest BCUT2D eigenvalue weighted by Crippen LogP contribution is -1.77. The molecule has 2 aromatic rings. The van der Waals surface area contributed by atoms with Gasteiger partial charge in [0.25, 0.3) is 0 Å². The van der Waals surface area contributed by atoms with Crippen LogP contribution in [0.1, 0.15) is 0 Å². The van der Waals surface area contributed by atoms with Gasteiger partial charge in [0.15, 0.2) is 8.02 Å². The lowest BCUT2D eigenvalue weighted by atomic mass is 10.2. The van der Waals surface area contributed by atoms with Crippen LogP contribution in [0.25, 0.3) is 10.6 Å². The molecule has 5 heteroatoms. The zero-order valence-electron chi connectivity index (χ0n) is 6.44. The minimum atomic E-state index is 0.245. The van der Waals surface area contributed by atoms with Gasteiger partial charge in [-0.25, -0.2) is 0 Å². The summed E-state index contributed by atoms with van der Waals surface area (Å²) in [5.41, 5.74) is 0.739. The number of hydrogen-bond donors (Lipinski definition) is 1. The first-order valence-electron chi connectivity index (χ1n) is 3.55. The van der Waals surface area contributed by atoms with E-state index in [9.17, 15) is 5.11 Å². The normalized spacial score (nSPS) is 10.2. The van der Waals surface area contributed by atoms with E-state index in [1.165, 1.54) is 11.3 Å². The number of phenols is 1. The number of aromatic nitrogens is 2. The second kappa shape index (κ2) is 3.59. The number of nitrogens with zero attached hydrogens (tertiary/aromatic N) is 2. The van der Waals surface area contributed by atoms with E-state index in [2.05, 4.69) is 32.8 Å². The van der Waals surface area contributed by atoms with Gasteiger partial charge in [-0.3, -0.25) is 0 Å². The minimum absolute atomic E-state index is 0.245. The van der Waals surface area contributed by atoms with Gasteiger partial charge in [0, 0.05) is 0 Å². The van der Waals surface area contributed by atoms with Crippen LogP contribution in [-0.2, 0) is 0 Å². The molecule has 13 heavy (non-hydrogen) atoms. The highest BCUT2D eigenvalue weighted by Crippen LogP contribution is 2.30. The zero-order valence-corrected chi connectivity index (χ0v) is 9.41. The van der Waals surface area contributed by atoms with E-state index in [1.807, 2.05) is 12.1 Å². The third-order valence-corrected chi connectivity index (χ3v) is 3.16. The maximum atomic E-state index is 9.51. The molecule has 2 rings (SSSR count). The Bertz CT molecular complexity index is 430. The fraction of sp³-hybridized carbons (Fsp3) is 0. The van der Waals surface area contributed by atoms with E-state index in [-0.39, 0.29) is 5.75 Å². The first-order valence-corrected chi connectivity index (χ1v) is 5.44. The molecule has 3 nitrogen and oxygen atoms in total. The predicted molar refractivity (Wildman–Crippen MR) is 59.7 cm³/mol. The monoisotopic (exact) mass is 304 g/mol. The van der Waals surface area contributed by atoms with Crippen LogP contribution in [0.3, 0.4) is 0 Å². The average molecular weight is 304 g/mol. The summed E-state index contributed by atoms with van der Waals surface area (Å²) in [5, 5.41) is 18.1. The highest BCUT2D eigenvalue weighted by atomic mass is 127. The molecular weight excluding hydrogens is 299 g/mol. The molecule has 0 spiro atoms. The molecule has 0 aliphatic carbocycles. The maximum absolute atomic E-state index is 9.51. The van der Waals surface area contributed by atoms with Gasteiger partial charge < -0.3 is 5.11 Å². The molecule has 0 radical (unpaired) electrons. The molecule has 0 saturated heterocycles. The third kappa shape index (κ3) is 1.80. The van der Waals surface area contributed by atoms with Gasteiger partial charge in [-0.2, -0.15) is 0 Å². The van der Waals surface area contributed by atoms with Crippen molar-refractivity contribution in [2.24, 2.45) is 0 Å². The highest BCUT2D eigenvalue weighted by Gasteiger charge is 2.07. The standard InChI is InChI=1S/C8H5IN2OS/c9-8-11-10-7(13-8)5-3-1-2-4-6(5)12/h1-4,12H. The summed E-state index contributed by atoms with van der Waals surface area (Å²) in [4.78, 5) is 0. The summed E-state index contributed by atoms with van der Waals surface area (Å²) in [6.45, 7) is 0. The molecule has 0 atom stereocenters. The summed E-state index contributed by atoms with van der Waals surface area (Å²) >= 11 is 3.56. The number of halogens is 1. The smallest absolute Gasteiger partial charge is 0.178 e. The Kier molecular flexibility index (Phi) is 2.45. The Hall–Kier alpha value is -0.690. The predicted octanol–water partition coefficient (Wildman–Crippen LogP) is 2.52. The minimum Gasteiger partial charge on any atom is -0.507 e.